The molecule has 0 aliphatic rings. The van der Waals surface area contributed by atoms with E-state index in [1.54, 1.807) is 11.8 Å². The van der Waals surface area contributed by atoms with E-state index in [0.717, 1.165) is 10.9 Å². The monoisotopic (exact) mass is 355 g/mol. The van der Waals surface area contributed by atoms with E-state index in [2.05, 4.69) is 52.1 Å². The van der Waals surface area contributed by atoms with Crippen molar-refractivity contribution in [3.8, 4) is 0 Å². The fourth-order valence-electron chi connectivity index (χ4n) is 1.64. The third-order valence-electron chi connectivity index (χ3n) is 3.21. The summed E-state index contributed by atoms with van der Waals surface area (Å²) >= 11 is 5.09. The standard InChI is InChI=1S/C14H18BrN3OS/c1-3-9(2)13(16)14-17-12(18-19-14)8-20-11-6-4-10(15)5-7-11/h4-7,9,13H,3,8,16H2,1-2H3/t9-,13-/m0/s1. The molecule has 20 heavy (non-hydrogen) atoms. The topological polar surface area (TPSA) is 64.9 Å². The summed E-state index contributed by atoms with van der Waals surface area (Å²) in [7, 11) is 0. The van der Waals surface area contributed by atoms with Crippen LogP contribution in [0.15, 0.2) is 38.2 Å². The van der Waals surface area contributed by atoms with Gasteiger partial charge in [0, 0.05) is 9.37 Å². The van der Waals surface area contributed by atoms with E-state index in [0.29, 0.717) is 23.4 Å². The van der Waals surface area contributed by atoms with Crippen LogP contribution < -0.4 is 5.73 Å². The maximum atomic E-state index is 6.08. The Hall–Kier alpha value is -0.850. The van der Waals surface area contributed by atoms with E-state index in [1.165, 1.54) is 4.90 Å². The Kier molecular flexibility index (Phi) is 5.63. The highest BCUT2D eigenvalue weighted by Gasteiger charge is 2.19. The molecule has 2 aromatic rings. The Morgan fingerprint density at radius 1 is 1.35 bits per heavy atom. The van der Waals surface area contributed by atoms with Crippen LogP contribution in [-0.2, 0) is 5.75 Å². The van der Waals surface area contributed by atoms with Crippen molar-refractivity contribution in [2.75, 3.05) is 0 Å². The van der Waals surface area contributed by atoms with Crippen LogP contribution in [0.25, 0.3) is 0 Å². The quantitative estimate of drug-likeness (QED) is 0.787. The first-order chi connectivity index (χ1) is 9.60. The Morgan fingerprint density at radius 3 is 2.70 bits per heavy atom. The third-order valence-corrected chi connectivity index (χ3v) is 4.74. The van der Waals surface area contributed by atoms with Gasteiger partial charge in [0.25, 0.3) is 0 Å². The second-order valence-corrected chi connectivity index (χ2v) is 6.67. The molecule has 0 saturated heterocycles. The summed E-state index contributed by atoms with van der Waals surface area (Å²) in [4.78, 5) is 5.55. The average molecular weight is 356 g/mol. The van der Waals surface area contributed by atoms with Gasteiger partial charge in [-0.05, 0) is 30.2 Å². The van der Waals surface area contributed by atoms with Gasteiger partial charge in [-0.15, -0.1) is 11.8 Å². The van der Waals surface area contributed by atoms with Gasteiger partial charge in [0.1, 0.15) is 0 Å². The van der Waals surface area contributed by atoms with Crippen LogP contribution in [-0.4, -0.2) is 10.1 Å². The molecule has 0 bridgehead atoms. The second kappa shape index (κ2) is 7.24. The molecular formula is C14H18BrN3OS. The minimum absolute atomic E-state index is 0.182. The maximum absolute atomic E-state index is 6.08. The van der Waals surface area contributed by atoms with Gasteiger partial charge in [-0.2, -0.15) is 4.98 Å². The molecule has 0 saturated carbocycles. The zero-order chi connectivity index (χ0) is 14.5. The van der Waals surface area contributed by atoms with Gasteiger partial charge < -0.3 is 10.3 Å². The molecule has 0 amide bonds. The smallest absolute Gasteiger partial charge is 0.243 e. The molecule has 6 heteroatoms. The molecule has 0 radical (unpaired) electrons. The van der Waals surface area contributed by atoms with Gasteiger partial charge in [0.15, 0.2) is 5.82 Å². The fraction of sp³-hybridized carbons (Fsp3) is 0.429. The second-order valence-electron chi connectivity index (χ2n) is 4.70. The largest absolute Gasteiger partial charge is 0.338 e. The van der Waals surface area contributed by atoms with Crippen molar-refractivity contribution in [2.24, 2.45) is 11.7 Å². The molecule has 1 aromatic heterocycles. The van der Waals surface area contributed by atoms with Crippen molar-refractivity contribution in [3.05, 3.63) is 40.5 Å². The first-order valence-electron chi connectivity index (χ1n) is 6.56. The molecule has 0 aliphatic heterocycles. The lowest BCUT2D eigenvalue weighted by Crippen LogP contribution is -2.18. The predicted molar refractivity (Wildman–Crippen MR) is 84.4 cm³/mol. The number of aromatic nitrogens is 2. The van der Waals surface area contributed by atoms with Gasteiger partial charge in [-0.1, -0.05) is 41.4 Å². The van der Waals surface area contributed by atoms with Crippen LogP contribution in [0, 0.1) is 5.92 Å². The van der Waals surface area contributed by atoms with Crippen molar-refractivity contribution in [1.82, 2.24) is 10.1 Å². The highest BCUT2D eigenvalue weighted by Crippen LogP contribution is 2.25. The number of rotatable bonds is 6. The molecule has 2 N–H and O–H groups in total. The first-order valence-corrected chi connectivity index (χ1v) is 8.34. The van der Waals surface area contributed by atoms with Crippen LogP contribution in [0.4, 0.5) is 0 Å². The molecule has 0 spiro atoms. The van der Waals surface area contributed by atoms with Crippen molar-refractivity contribution in [1.29, 1.82) is 0 Å². The van der Waals surface area contributed by atoms with Crippen molar-refractivity contribution < 1.29 is 4.52 Å². The van der Waals surface area contributed by atoms with E-state index < -0.39 is 0 Å². The lowest BCUT2D eigenvalue weighted by atomic mass is 10.0. The van der Waals surface area contributed by atoms with Gasteiger partial charge in [0.2, 0.25) is 5.89 Å². The molecular weight excluding hydrogens is 338 g/mol. The molecule has 4 nitrogen and oxygen atoms in total. The summed E-state index contributed by atoms with van der Waals surface area (Å²) < 4.78 is 6.32. The van der Waals surface area contributed by atoms with E-state index in [4.69, 9.17) is 10.3 Å². The summed E-state index contributed by atoms with van der Waals surface area (Å²) in [5, 5.41) is 3.99. The molecule has 1 aromatic carbocycles. The first kappa shape index (κ1) is 15.5. The van der Waals surface area contributed by atoms with E-state index in [-0.39, 0.29) is 6.04 Å². The van der Waals surface area contributed by atoms with Crippen LogP contribution in [0.3, 0.4) is 0 Å². The highest BCUT2D eigenvalue weighted by atomic mass is 79.9. The summed E-state index contributed by atoms with van der Waals surface area (Å²) in [5.41, 5.74) is 6.08. The summed E-state index contributed by atoms with van der Waals surface area (Å²) in [6.45, 7) is 4.19. The van der Waals surface area contributed by atoms with E-state index in [9.17, 15) is 0 Å². The van der Waals surface area contributed by atoms with Gasteiger partial charge in [-0.25, -0.2) is 0 Å². The molecule has 1 heterocycles. The minimum atomic E-state index is -0.182. The Labute approximate surface area is 131 Å². The molecule has 0 unspecified atom stereocenters. The maximum Gasteiger partial charge on any atom is 0.243 e. The molecule has 2 rings (SSSR count). The summed E-state index contributed by atoms with van der Waals surface area (Å²) in [5.74, 6) is 2.23. The molecule has 108 valence electrons. The zero-order valence-corrected chi connectivity index (χ0v) is 13.9. The SMILES string of the molecule is CC[C@H](C)[C@H](N)c1nc(CSc2ccc(Br)cc2)no1. The molecule has 0 aliphatic carbocycles. The lowest BCUT2D eigenvalue weighted by Gasteiger charge is -2.12. The van der Waals surface area contributed by atoms with Gasteiger partial charge >= 0.3 is 0 Å². The van der Waals surface area contributed by atoms with Crippen LogP contribution in [0.1, 0.15) is 38.0 Å². The van der Waals surface area contributed by atoms with Crippen LogP contribution in [0.5, 0.6) is 0 Å². The Morgan fingerprint density at radius 2 is 2.05 bits per heavy atom. The fourth-order valence-corrected chi connectivity index (χ4v) is 2.64. The Balaban J connectivity index is 1.94. The summed E-state index contributed by atoms with van der Waals surface area (Å²) in [6, 6.07) is 7.96. The van der Waals surface area contributed by atoms with E-state index >= 15 is 0 Å². The normalized spacial score (nSPS) is 14.2. The number of benzene rings is 1. The number of hydrogen-bond acceptors (Lipinski definition) is 5. The van der Waals surface area contributed by atoms with Crippen LogP contribution >= 0.6 is 27.7 Å². The zero-order valence-electron chi connectivity index (χ0n) is 11.5. The predicted octanol–water partition coefficient (Wildman–Crippen LogP) is 4.17. The summed E-state index contributed by atoms with van der Waals surface area (Å²) in [6.07, 6.45) is 0.993. The number of halogens is 1. The van der Waals surface area contributed by atoms with E-state index in [1.807, 2.05) is 12.1 Å². The Bertz CT molecular complexity index is 544. The highest BCUT2D eigenvalue weighted by molar-refractivity contribution is 9.10. The molecule has 2 atom stereocenters. The number of hydrogen-bond donors (Lipinski definition) is 1. The minimum Gasteiger partial charge on any atom is -0.338 e. The number of thioether (sulfide) groups is 1. The van der Waals surface area contributed by atoms with Crippen LogP contribution in [0.2, 0.25) is 0 Å². The van der Waals surface area contributed by atoms with Gasteiger partial charge in [0.05, 0.1) is 11.8 Å². The van der Waals surface area contributed by atoms with Crippen molar-refractivity contribution in [3.63, 3.8) is 0 Å². The van der Waals surface area contributed by atoms with Crippen molar-refractivity contribution >= 4 is 27.7 Å². The number of nitrogens with zero attached hydrogens (tertiary/aromatic N) is 2. The molecule has 0 fully saturated rings. The van der Waals surface area contributed by atoms with Crippen molar-refractivity contribution in [2.45, 2.75) is 37.0 Å². The lowest BCUT2D eigenvalue weighted by molar-refractivity contribution is 0.311. The van der Waals surface area contributed by atoms with Gasteiger partial charge in [-0.3, -0.25) is 0 Å². The third kappa shape index (κ3) is 4.07. The average Bonchev–Trinajstić information content (AvgIpc) is 2.94. The number of nitrogens with two attached hydrogens (primary N) is 1.